The second-order valence-electron chi connectivity index (χ2n) is 5.54. The molecule has 1 aromatic rings. The van der Waals surface area contributed by atoms with Gasteiger partial charge in [-0.1, -0.05) is 22.0 Å². The minimum Gasteiger partial charge on any atom is -0.489 e. The van der Waals surface area contributed by atoms with Crippen LogP contribution in [0.15, 0.2) is 28.7 Å². The number of carbonyl (C=O) groups excluding carboxylic acids is 1. The van der Waals surface area contributed by atoms with Gasteiger partial charge in [0.25, 0.3) is 5.91 Å². The van der Waals surface area contributed by atoms with Crippen LogP contribution < -0.4 is 15.4 Å². The summed E-state index contributed by atoms with van der Waals surface area (Å²) < 4.78 is 12.3. The maximum absolute atomic E-state index is 12.4. The molecule has 1 atom stereocenters. The molecule has 1 amide bonds. The van der Waals surface area contributed by atoms with Crippen molar-refractivity contribution < 1.29 is 14.3 Å². The van der Waals surface area contributed by atoms with Crippen molar-refractivity contribution in [3.05, 3.63) is 28.7 Å². The molecule has 2 N–H and O–H groups in total. The normalized spacial score (nSPS) is 18.5. The minimum atomic E-state index is -0.708. The van der Waals surface area contributed by atoms with E-state index in [1.54, 1.807) is 7.11 Å². The number of ether oxygens (including phenoxy) is 2. The molecule has 22 heavy (non-hydrogen) atoms. The molecule has 1 aliphatic heterocycles. The summed E-state index contributed by atoms with van der Waals surface area (Å²) in [6.45, 7) is 3.98. The molecule has 2 rings (SSSR count). The van der Waals surface area contributed by atoms with Crippen molar-refractivity contribution in [3.63, 3.8) is 0 Å². The molecule has 1 unspecified atom stereocenters. The molecular formula is C16H23BrN2O3. The SMILES string of the molecule is COC1(C(=O)NCC(C)Oc2cccc(Br)c2)CCNCC1. The van der Waals surface area contributed by atoms with Gasteiger partial charge < -0.3 is 20.1 Å². The van der Waals surface area contributed by atoms with Crippen LogP contribution in [0.1, 0.15) is 19.8 Å². The van der Waals surface area contributed by atoms with Gasteiger partial charge >= 0.3 is 0 Å². The molecule has 1 aromatic carbocycles. The lowest BCUT2D eigenvalue weighted by Crippen LogP contribution is -2.55. The minimum absolute atomic E-state index is 0.0545. The maximum Gasteiger partial charge on any atom is 0.252 e. The predicted octanol–water partition coefficient (Wildman–Crippen LogP) is 2.10. The van der Waals surface area contributed by atoms with Crippen molar-refractivity contribution in [1.29, 1.82) is 0 Å². The first-order valence-electron chi connectivity index (χ1n) is 7.52. The van der Waals surface area contributed by atoms with E-state index in [0.717, 1.165) is 23.3 Å². The fraction of sp³-hybridized carbons (Fsp3) is 0.562. The zero-order valence-electron chi connectivity index (χ0n) is 13.0. The predicted molar refractivity (Wildman–Crippen MR) is 89.1 cm³/mol. The smallest absolute Gasteiger partial charge is 0.252 e. The maximum atomic E-state index is 12.4. The van der Waals surface area contributed by atoms with E-state index in [4.69, 9.17) is 9.47 Å². The molecule has 0 spiro atoms. The Labute approximate surface area is 139 Å². The number of rotatable bonds is 6. The second-order valence-corrected chi connectivity index (χ2v) is 6.46. The summed E-state index contributed by atoms with van der Waals surface area (Å²) >= 11 is 3.41. The van der Waals surface area contributed by atoms with E-state index in [1.165, 1.54) is 0 Å². The molecule has 0 saturated carbocycles. The Balaban J connectivity index is 1.84. The van der Waals surface area contributed by atoms with E-state index in [0.29, 0.717) is 19.4 Å². The fourth-order valence-electron chi connectivity index (χ4n) is 2.57. The van der Waals surface area contributed by atoms with Crippen molar-refractivity contribution in [2.24, 2.45) is 0 Å². The van der Waals surface area contributed by atoms with Gasteiger partial charge in [-0.15, -0.1) is 0 Å². The van der Waals surface area contributed by atoms with Crippen LogP contribution in [-0.2, 0) is 9.53 Å². The average molecular weight is 371 g/mol. The average Bonchev–Trinajstić information content (AvgIpc) is 2.53. The summed E-state index contributed by atoms with van der Waals surface area (Å²) in [6.07, 6.45) is 1.26. The Bertz CT molecular complexity index is 504. The Morgan fingerprint density at radius 1 is 1.45 bits per heavy atom. The Morgan fingerprint density at radius 2 is 2.18 bits per heavy atom. The zero-order valence-corrected chi connectivity index (χ0v) is 14.6. The largest absolute Gasteiger partial charge is 0.489 e. The van der Waals surface area contributed by atoms with Crippen molar-refractivity contribution in [3.8, 4) is 5.75 Å². The number of halogens is 1. The van der Waals surface area contributed by atoms with E-state index >= 15 is 0 Å². The lowest BCUT2D eigenvalue weighted by molar-refractivity contribution is -0.147. The van der Waals surface area contributed by atoms with Crippen LogP contribution in [0.2, 0.25) is 0 Å². The molecule has 0 aliphatic carbocycles. The first-order chi connectivity index (χ1) is 10.6. The summed E-state index contributed by atoms with van der Waals surface area (Å²) in [7, 11) is 1.60. The lowest BCUT2D eigenvalue weighted by Gasteiger charge is -2.35. The molecule has 1 heterocycles. The summed E-state index contributed by atoms with van der Waals surface area (Å²) in [5, 5.41) is 6.19. The van der Waals surface area contributed by atoms with Crippen LogP contribution in [0.5, 0.6) is 5.75 Å². The zero-order chi connectivity index (χ0) is 16.0. The van der Waals surface area contributed by atoms with E-state index in [2.05, 4.69) is 26.6 Å². The van der Waals surface area contributed by atoms with Crippen LogP contribution in [0.3, 0.4) is 0 Å². The summed E-state index contributed by atoms with van der Waals surface area (Å²) in [4.78, 5) is 12.4. The number of hydrogen-bond donors (Lipinski definition) is 2. The molecule has 1 fully saturated rings. The van der Waals surface area contributed by atoms with Crippen LogP contribution in [0.25, 0.3) is 0 Å². The number of carbonyl (C=O) groups is 1. The molecule has 6 heteroatoms. The molecule has 1 aliphatic rings. The van der Waals surface area contributed by atoms with E-state index in [1.807, 2.05) is 31.2 Å². The van der Waals surface area contributed by atoms with Crippen LogP contribution >= 0.6 is 15.9 Å². The summed E-state index contributed by atoms with van der Waals surface area (Å²) in [6, 6.07) is 7.66. The Morgan fingerprint density at radius 3 is 2.82 bits per heavy atom. The standard InChI is InChI=1S/C16H23BrN2O3/c1-12(22-14-5-3-4-13(17)10-14)11-19-15(20)16(21-2)6-8-18-9-7-16/h3-5,10,12,18H,6-9,11H2,1-2H3,(H,19,20). The van der Waals surface area contributed by atoms with Gasteiger partial charge in [0, 0.05) is 11.6 Å². The van der Waals surface area contributed by atoms with Crippen molar-refractivity contribution in [1.82, 2.24) is 10.6 Å². The highest BCUT2D eigenvalue weighted by molar-refractivity contribution is 9.10. The first kappa shape index (κ1) is 17.2. The fourth-order valence-corrected chi connectivity index (χ4v) is 2.94. The topological polar surface area (TPSA) is 59.6 Å². The van der Waals surface area contributed by atoms with Crippen LogP contribution in [-0.4, -0.2) is 44.4 Å². The Hall–Kier alpha value is -1.11. The van der Waals surface area contributed by atoms with Crippen LogP contribution in [0.4, 0.5) is 0 Å². The summed E-state index contributed by atoms with van der Waals surface area (Å²) in [5.41, 5.74) is -0.708. The molecule has 0 aromatic heterocycles. The van der Waals surface area contributed by atoms with E-state index < -0.39 is 5.60 Å². The molecule has 0 radical (unpaired) electrons. The second kappa shape index (κ2) is 7.94. The first-order valence-corrected chi connectivity index (χ1v) is 8.31. The van der Waals surface area contributed by atoms with E-state index in [-0.39, 0.29) is 12.0 Å². The molecule has 122 valence electrons. The van der Waals surface area contributed by atoms with Gasteiger partial charge in [0.15, 0.2) is 0 Å². The van der Waals surface area contributed by atoms with Gasteiger partial charge in [-0.3, -0.25) is 4.79 Å². The van der Waals surface area contributed by atoms with E-state index in [9.17, 15) is 4.79 Å². The monoisotopic (exact) mass is 370 g/mol. The number of amides is 1. The third kappa shape index (κ3) is 4.44. The Kier molecular flexibility index (Phi) is 6.23. The number of benzene rings is 1. The summed E-state index contributed by atoms with van der Waals surface area (Å²) in [5.74, 6) is 0.723. The number of hydrogen-bond acceptors (Lipinski definition) is 4. The molecule has 1 saturated heterocycles. The van der Waals surface area contributed by atoms with Crippen molar-refractivity contribution in [2.45, 2.75) is 31.5 Å². The number of piperidine rings is 1. The number of methoxy groups -OCH3 is 1. The molecule has 0 bridgehead atoms. The van der Waals surface area contributed by atoms with Crippen molar-refractivity contribution in [2.75, 3.05) is 26.7 Å². The lowest BCUT2D eigenvalue weighted by atomic mass is 9.91. The highest BCUT2D eigenvalue weighted by Gasteiger charge is 2.39. The molecule has 5 nitrogen and oxygen atoms in total. The van der Waals surface area contributed by atoms with Gasteiger partial charge in [0.1, 0.15) is 17.5 Å². The quantitative estimate of drug-likeness (QED) is 0.804. The van der Waals surface area contributed by atoms with Gasteiger partial charge in [-0.25, -0.2) is 0 Å². The highest BCUT2D eigenvalue weighted by atomic mass is 79.9. The van der Waals surface area contributed by atoms with Gasteiger partial charge in [0.2, 0.25) is 0 Å². The van der Waals surface area contributed by atoms with Gasteiger partial charge in [-0.2, -0.15) is 0 Å². The third-order valence-corrected chi connectivity index (χ3v) is 4.39. The third-order valence-electron chi connectivity index (χ3n) is 3.90. The molecular weight excluding hydrogens is 348 g/mol. The number of nitrogens with one attached hydrogen (secondary N) is 2. The van der Waals surface area contributed by atoms with Gasteiger partial charge in [0.05, 0.1) is 6.54 Å². The van der Waals surface area contributed by atoms with Gasteiger partial charge in [-0.05, 0) is 51.1 Å². The highest BCUT2D eigenvalue weighted by Crippen LogP contribution is 2.23. The van der Waals surface area contributed by atoms with Crippen molar-refractivity contribution >= 4 is 21.8 Å². The van der Waals surface area contributed by atoms with Crippen LogP contribution in [0, 0.1) is 0 Å².